The van der Waals surface area contributed by atoms with Crippen molar-refractivity contribution in [2.75, 3.05) is 22.1 Å². The van der Waals surface area contributed by atoms with Crippen LogP contribution in [0.4, 0.5) is 16.5 Å². The van der Waals surface area contributed by atoms with Crippen molar-refractivity contribution in [2.24, 2.45) is 0 Å². The van der Waals surface area contributed by atoms with E-state index in [-0.39, 0.29) is 22.5 Å². The average molecular weight is 511 g/mol. The predicted molar refractivity (Wildman–Crippen MR) is 133 cm³/mol. The number of halogens is 1. The van der Waals surface area contributed by atoms with E-state index in [1.54, 1.807) is 56.3 Å². The minimum Gasteiger partial charge on any atom is -0.462 e. The van der Waals surface area contributed by atoms with Gasteiger partial charge in [0.25, 0.3) is 17.7 Å². The fourth-order valence-electron chi connectivity index (χ4n) is 3.28. The Morgan fingerprint density at radius 3 is 2.40 bits per heavy atom. The normalized spacial score (nSPS) is 13.3. The largest absolute Gasteiger partial charge is 0.462 e. The van der Waals surface area contributed by atoms with Crippen LogP contribution in [0.3, 0.4) is 0 Å². The van der Waals surface area contributed by atoms with E-state index in [2.05, 4.69) is 15.6 Å². The molecule has 0 bridgehead atoms. The van der Waals surface area contributed by atoms with E-state index in [4.69, 9.17) is 16.3 Å². The SMILES string of the molecule is CCOC(=O)c1sc(NC(=O)c2ccc(NC3=C(Cl)C(=O)N(c4ccccc4)C3=O)cc2)nc1C. The first-order valence-electron chi connectivity index (χ1n) is 10.5. The van der Waals surface area contributed by atoms with Gasteiger partial charge in [0.2, 0.25) is 0 Å². The molecule has 9 nitrogen and oxygen atoms in total. The number of carbonyl (C=O) groups excluding carboxylic acids is 4. The van der Waals surface area contributed by atoms with Crippen LogP contribution in [0, 0.1) is 6.92 Å². The lowest BCUT2D eigenvalue weighted by Crippen LogP contribution is -2.32. The molecule has 1 aliphatic rings. The van der Waals surface area contributed by atoms with Gasteiger partial charge in [0.1, 0.15) is 15.6 Å². The maximum absolute atomic E-state index is 12.8. The number of carbonyl (C=O) groups is 4. The molecule has 3 aromatic rings. The van der Waals surface area contributed by atoms with Crippen molar-refractivity contribution in [3.63, 3.8) is 0 Å². The fourth-order valence-corrected chi connectivity index (χ4v) is 4.35. The number of nitrogens with zero attached hydrogens (tertiary/aromatic N) is 2. The molecule has 0 atom stereocenters. The number of thiazole rings is 1. The van der Waals surface area contributed by atoms with Crippen molar-refractivity contribution in [3.05, 3.63) is 81.5 Å². The summed E-state index contributed by atoms with van der Waals surface area (Å²) in [6.45, 7) is 3.61. The number of hydrogen-bond acceptors (Lipinski definition) is 8. The van der Waals surface area contributed by atoms with Crippen LogP contribution in [0.15, 0.2) is 65.3 Å². The standard InChI is InChI=1S/C24H19ClN4O5S/c1-3-34-23(33)19-13(2)26-24(35-19)28-20(30)14-9-11-15(12-10-14)27-18-17(25)21(31)29(22(18)32)16-7-5-4-6-8-16/h4-12,27H,3H2,1-2H3,(H,26,28,30). The Bertz CT molecular complexity index is 1350. The molecule has 0 unspecified atom stereocenters. The van der Waals surface area contributed by atoms with Crippen LogP contribution in [0.1, 0.15) is 32.6 Å². The summed E-state index contributed by atoms with van der Waals surface area (Å²) in [4.78, 5) is 55.4. The lowest BCUT2D eigenvalue weighted by atomic mass is 10.2. The second-order valence-corrected chi connectivity index (χ2v) is 8.66. The summed E-state index contributed by atoms with van der Waals surface area (Å²) < 4.78 is 4.98. The Kier molecular flexibility index (Phi) is 6.94. The molecule has 0 spiro atoms. The topological polar surface area (TPSA) is 118 Å². The van der Waals surface area contributed by atoms with Crippen LogP contribution in [0.5, 0.6) is 0 Å². The predicted octanol–water partition coefficient (Wildman–Crippen LogP) is 4.32. The van der Waals surface area contributed by atoms with Crippen LogP contribution in [0.25, 0.3) is 0 Å². The number of esters is 1. The number of aromatic nitrogens is 1. The molecule has 1 aliphatic heterocycles. The number of amides is 3. The lowest BCUT2D eigenvalue weighted by Gasteiger charge is -2.14. The molecule has 0 aliphatic carbocycles. The number of imide groups is 1. The zero-order chi connectivity index (χ0) is 25.1. The summed E-state index contributed by atoms with van der Waals surface area (Å²) in [5.41, 5.74) is 1.60. The smallest absolute Gasteiger partial charge is 0.350 e. The Balaban J connectivity index is 1.44. The maximum atomic E-state index is 12.8. The van der Waals surface area contributed by atoms with E-state index in [0.29, 0.717) is 27.5 Å². The van der Waals surface area contributed by atoms with Gasteiger partial charge >= 0.3 is 5.97 Å². The van der Waals surface area contributed by atoms with Crippen molar-refractivity contribution >= 4 is 63.1 Å². The zero-order valence-electron chi connectivity index (χ0n) is 18.6. The second-order valence-electron chi connectivity index (χ2n) is 7.28. The highest BCUT2D eigenvalue weighted by molar-refractivity contribution is 7.17. The van der Waals surface area contributed by atoms with E-state index >= 15 is 0 Å². The van der Waals surface area contributed by atoms with Gasteiger partial charge in [0.15, 0.2) is 5.13 Å². The second kappa shape index (κ2) is 10.1. The molecular weight excluding hydrogens is 492 g/mol. The molecule has 3 amide bonds. The van der Waals surface area contributed by atoms with Gasteiger partial charge < -0.3 is 10.1 Å². The number of benzene rings is 2. The Morgan fingerprint density at radius 2 is 1.74 bits per heavy atom. The summed E-state index contributed by atoms with van der Waals surface area (Å²) >= 11 is 7.18. The van der Waals surface area contributed by atoms with E-state index in [1.165, 1.54) is 12.1 Å². The van der Waals surface area contributed by atoms with Gasteiger partial charge in [-0.1, -0.05) is 41.1 Å². The minimum absolute atomic E-state index is 0.0533. The number of hydrogen-bond donors (Lipinski definition) is 2. The van der Waals surface area contributed by atoms with Gasteiger partial charge in [0, 0.05) is 11.3 Å². The van der Waals surface area contributed by atoms with Gasteiger partial charge in [-0.2, -0.15) is 0 Å². The maximum Gasteiger partial charge on any atom is 0.350 e. The van der Waals surface area contributed by atoms with Crippen molar-refractivity contribution in [3.8, 4) is 0 Å². The molecule has 4 rings (SSSR count). The Hall–Kier alpha value is -4.02. The summed E-state index contributed by atoms with van der Waals surface area (Å²) in [6, 6.07) is 14.7. The first-order valence-corrected chi connectivity index (χ1v) is 11.7. The van der Waals surface area contributed by atoms with Crippen molar-refractivity contribution < 1.29 is 23.9 Å². The number of nitrogens with one attached hydrogen (secondary N) is 2. The third kappa shape index (κ3) is 4.93. The molecule has 1 aromatic heterocycles. The number of anilines is 3. The highest BCUT2D eigenvalue weighted by Crippen LogP contribution is 2.30. The number of ether oxygens (including phenoxy) is 1. The summed E-state index contributed by atoms with van der Waals surface area (Å²) in [5, 5.41) is 5.57. The fraction of sp³-hybridized carbons (Fsp3) is 0.125. The molecule has 2 aromatic carbocycles. The molecule has 0 saturated heterocycles. The molecule has 2 heterocycles. The van der Waals surface area contributed by atoms with E-state index in [9.17, 15) is 19.2 Å². The number of rotatable bonds is 7. The molecule has 178 valence electrons. The molecular formula is C24H19ClN4O5S. The van der Waals surface area contributed by atoms with Crippen molar-refractivity contribution in [2.45, 2.75) is 13.8 Å². The highest BCUT2D eigenvalue weighted by atomic mass is 35.5. The van der Waals surface area contributed by atoms with E-state index in [1.807, 2.05) is 0 Å². The van der Waals surface area contributed by atoms with Crippen LogP contribution in [0.2, 0.25) is 0 Å². The first kappa shape index (κ1) is 24.1. The van der Waals surface area contributed by atoms with E-state index < -0.39 is 23.7 Å². The monoisotopic (exact) mass is 510 g/mol. The lowest BCUT2D eigenvalue weighted by molar-refractivity contribution is -0.120. The first-order chi connectivity index (χ1) is 16.8. The number of para-hydroxylation sites is 1. The Labute approximate surface area is 209 Å². The third-order valence-electron chi connectivity index (χ3n) is 4.94. The molecule has 0 radical (unpaired) electrons. The van der Waals surface area contributed by atoms with Gasteiger partial charge in [-0.3, -0.25) is 19.7 Å². The molecule has 2 N–H and O–H groups in total. The average Bonchev–Trinajstić information content (AvgIpc) is 3.32. The molecule has 0 saturated carbocycles. The number of aryl methyl sites for hydroxylation is 1. The van der Waals surface area contributed by atoms with Crippen LogP contribution < -0.4 is 15.5 Å². The van der Waals surface area contributed by atoms with E-state index in [0.717, 1.165) is 16.2 Å². The van der Waals surface area contributed by atoms with Gasteiger partial charge in [0.05, 0.1) is 18.0 Å². The third-order valence-corrected chi connectivity index (χ3v) is 6.34. The van der Waals surface area contributed by atoms with Gasteiger partial charge in [-0.25, -0.2) is 14.7 Å². The zero-order valence-corrected chi connectivity index (χ0v) is 20.2. The summed E-state index contributed by atoms with van der Waals surface area (Å²) in [7, 11) is 0. The Morgan fingerprint density at radius 1 is 1.06 bits per heavy atom. The van der Waals surface area contributed by atoms with Crippen LogP contribution in [-0.2, 0) is 14.3 Å². The van der Waals surface area contributed by atoms with Gasteiger partial charge in [-0.05, 0) is 50.2 Å². The van der Waals surface area contributed by atoms with Crippen molar-refractivity contribution in [1.82, 2.24) is 4.98 Å². The summed E-state index contributed by atoms with van der Waals surface area (Å²) in [6.07, 6.45) is 0. The van der Waals surface area contributed by atoms with Crippen molar-refractivity contribution in [1.29, 1.82) is 0 Å². The minimum atomic E-state index is -0.623. The quantitative estimate of drug-likeness (QED) is 0.359. The van der Waals surface area contributed by atoms with Crippen LogP contribution in [-0.4, -0.2) is 35.3 Å². The molecule has 35 heavy (non-hydrogen) atoms. The summed E-state index contributed by atoms with van der Waals surface area (Å²) in [5.74, 6) is -2.12. The molecule has 11 heteroatoms. The van der Waals surface area contributed by atoms with Gasteiger partial charge in [-0.15, -0.1) is 0 Å². The molecule has 0 fully saturated rings. The van der Waals surface area contributed by atoms with Crippen LogP contribution >= 0.6 is 22.9 Å². The highest BCUT2D eigenvalue weighted by Gasteiger charge is 2.38.